The summed E-state index contributed by atoms with van der Waals surface area (Å²) >= 11 is 0. The maximum absolute atomic E-state index is 12.2. The van der Waals surface area contributed by atoms with Crippen molar-refractivity contribution in [2.24, 2.45) is 23.5 Å². The fourth-order valence-corrected chi connectivity index (χ4v) is 3.96. The van der Waals surface area contributed by atoms with Crippen LogP contribution in [0, 0.1) is 17.8 Å². The first-order valence-corrected chi connectivity index (χ1v) is 12.3. The molecule has 4 N–H and O–H groups in total. The molecule has 0 heterocycles. The van der Waals surface area contributed by atoms with Crippen molar-refractivity contribution < 1.29 is 24.1 Å². The Morgan fingerprint density at radius 1 is 1.15 bits per heavy atom. The van der Waals surface area contributed by atoms with Gasteiger partial charge < -0.3 is 30.4 Å². The van der Waals surface area contributed by atoms with Crippen molar-refractivity contribution in [3.05, 3.63) is 23.8 Å². The highest BCUT2D eigenvalue weighted by molar-refractivity contribution is 5.78. The van der Waals surface area contributed by atoms with Crippen LogP contribution >= 0.6 is 0 Å². The van der Waals surface area contributed by atoms with E-state index in [1.165, 1.54) is 0 Å². The Labute approximate surface area is 199 Å². The zero-order valence-corrected chi connectivity index (χ0v) is 21.0. The van der Waals surface area contributed by atoms with Gasteiger partial charge in [0, 0.05) is 38.1 Å². The van der Waals surface area contributed by atoms with E-state index in [-0.39, 0.29) is 17.9 Å². The van der Waals surface area contributed by atoms with Gasteiger partial charge in [-0.1, -0.05) is 26.8 Å². The highest BCUT2D eigenvalue weighted by atomic mass is 16.5. The third kappa shape index (κ3) is 9.51. The fourth-order valence-electron chi connectivity index (χ4n) is 3.96. The Kier molecular flexibility index (Phi) is 11.4. The van der Waals surface area contributed by atoms with Crippen molar-refractivity contribution in [2.75, 3.05) is 27.4 Å². The molecule has 0 spiro atoms. The SMILES string of the molecule is COCCCOc1cc(C[C@@H](C[C@H](N)[C@@H](O)C[C@@H](C)C(=O)NC2CC2)C(C)C)ccc1OC. The Balaban J connectivity index is 1.94. The van der Waals surface area contributed by atoms with Crippen LogP contribution < -0.4 is 20.5 Å². The number of carbonyl (C=O) groups excluding carboxylic acids is 1. The summed E-state index contributed by atoms with van der Waals surface area (Å²) < 4.78 is 16.5. The Hall–Kier alpha value is -1.83. The molecule has 0 bridgehead atoms. The van der Waals surface area contributed by atoms with Crippen LogP contribution in [0.3, 0.4) is 0 Å². The number of ether oxygens (including phenoxy) is 3. The normalized spacial score (nSPS) is 17.3. The summed E-state index contributed by atoms with van der Waals surface area (Å²) in [5, 5.41) is 13.7. The molecule has 33 heavy (non-hydrogen) atoms. The van der Waals surface area contributed by atoms with Crippen LogP contribution in [0.1, 0.15) is 58.4 Å². The molecule has 0 radical (unpaired) electrons. The number of hydrogen-bond acceptors (Lipinski definition) is 6. The van der Waals surface area contributed by atoms with Gasteiger partial charge in [0.05, 0.1) is 19.8 Å². The fraction of sp³-hybridized carbons (Fsp3) is 0.731. The Morgan fingerprint density at radius 3 is 2.48 bits per heavy atom. The van der Waals surface area contributed by atoms with Gasteiger partial charge >= 0.3 is 0 Å². The number of carbonyl (C=O) groups is 1. The van der Waals surface area contributed by atoms with Crippen LogP contribution in [0.25, 0.3) is 0 Å². The van der Waals surface area contributed by atoms with Crippen molar-refractivity contribution in [3.63, 3.8) is 0 Å². The van der Waals surface area contributed by atoms with E-state index in [1.807, 2.05) is 19.1 Å². The van der Waals surface area contributed by atoms with E-state index < -0.39 is 6.10 Å². The zero-order chi connectivity index (χ0) is 24.4. The molecule has 1 aromatic rings. The molecule has 1 aliphatic rings. The van der Waals surface area contributed by atoms with Gasteiger partial charge in [-0.05, 0) is 61.6 Å². The summed E-state index contributed by atoms with van der Waals surface area (Å²) in [5.41, 5.74) is 7.55. The lowest BCUT2D eigenvalue weighted by Gasteiger charge is -2.28. The van der Waals surface area contributed by atoms with E-state index in [2.05, 4.69) is 25.2 Å². The molecule has 0 aromatic heterocycles. The molecule has 1 aliphatic carbocycles. The number of rotatable bonds is 16. The molecular formula is C26H44N2O5. The smallest absolute Gasteiger partial charge is 0.223 e. The number of aliphatic hydroxyl groups is 1. The first-order valence-electron chi connectivity index (χ1n) is 12.3. The van der Waals surface area contributed by atoms with Gasteiger partial charge in [-0.15, -0.1) is 0 Å². The predicted octanol–water partition coefficient (Wildman–Crippen LogP) is 3.31. The second-order valence-corrected chi connectivity index (χ2v) is 9.77. The highest BCUT2D eigenvalue weighted by Gasteiger charge is 2.29. The first kappa shape index (κ1) is 27.4. The molecule has 2 rings (SSSR count). The Bertz CT molecular complexity index is 723. The molecule has 188 valence electrons. The number of amides is 1. The van der Waals surface area contributed by atoms with Crippen molar-refractivity contribution in [1.82, 2.24) is 5.32 Å². The number of nitrogens with one attached hydrogen (secondary N) is 1. The minimum Gasteiger partial charge on any atom is -0.493 e. The second kappa shape index (κ2) is 13.8. The molecule has 0 aliphatic heterocycles. The van der Waals surface area contributed by atoms with Gasteiger partial charge in [0.15, 0.2) is 11.5 Å². The maximum Gasteiger partial charge on any atom is 0.223 e. The molecule has 0 saturated heterocycles. The summed E-state index contributed by atoms with van der Waals surface area (Å²) in [6, 6.07) is 5.98. The van der Waals surface area contributed by atoms with Crippen LogP contribution in [0.2, 0.25) is 0 Å². The van der Waals surface area contributed by atoms with E-state index in [9.17, 15) is 9.90 Å². The highest BCUT2D eigenvalue weighted by Crippen LogP contribution is 2.31. The standard InChI is InChI=1S/C26H44N2O5/c1-17(2)20(16-22(27)23(29)13-18(3)26(30)28-21-8-9-21)14-19-7-10-24(32-5)25(15-19)33-12-6-11-31-4/h7,10,15,17-18,20-23,29H,6,8-9,11-14,16,27H2,1-5H3,(H,28,30)/t18-,20+,22+,23+/m1/s1. The van der Waals surface area contributed by atoms with Crippen LogP contribution in [-0.2, 0) is 16.0 Å². The maximum atomic E-state index is 12.2. The van der Waals surface area contributed by atoms with Gasteiger partial charge in [-0.25, -0.2) is 0 Å². The monoisotopic (exact) mass is 464 g/mol. The first-order chi connectivity index (χ1) is 15.7. The number of benzene rings is 1. The number of nitrogens with two attached hydrogens (primary N) is 1. The van der Waals surface area contributed by atoms with Crippen LogP contribution in [0.4, 0.5) is 0 Å². The topological polar surface area (TPSA) is 103 Å². The third-order valence-electron chi connectivity index (χ3n) is 6.45. The van der Waals surface area contributed by atoms with E-state index in [0.29, 0.717) is 49.7 Å². The van der Waals surface area contributed by atoms with Crippen molar-refractivity contribution >= 4 is 5.91 Å². The average Bonchev–Trinajstić information content (AvgIpc) is 3.60. The van der Waals surface area contributed by atoms with Gasteiger partial charge in [-0.3, -0.25) is 4.79 Å². The second-order valence-electron chi connectivity index (χ2n) is 9.77. The van der Waals surface area contributed by atoms with Crippen molar-refractivity contribution in [3.8, 4) is 11.5 Å². The minimum atomic E-state index is -0.707. The van der Waals surface area contributed by atoms with Crippen LogP contribution in [0.5, 0.6) is 11.5 Å². The summed E-state index contributed by atoms with van der Waals surface area (Å²) in [6.45, 7) is 7.44. The summed E-state index contributed by atoms with van der Waals surface area (Å²) in [4.78, 5) is 12.2. The zero-order valence-electron chi connectivity index (χ0n) is 21.0. The number of aliphatic hydroxyl groups excluding tert-OH is 1. The average molecular weight is 465 g/mol. The molecule has 0 unspecified atom stereocenters. The quantitative estimate of drug-likeness (QED) is 0.324. The molecular weight excluding hydrogens is 420 g/mol. The van der Waals surface area contributed by atoms with E-state index in [0.717, 1.165) is 37.0 Å². The molecule has 1 fully saturated rings. The largest absolute Gasteiger partial charge is 0.493 e. The van der Waals surface area contributed by atoms with Gasteiger partial charge in [0.2, 0.25) is 5.91 Å². The molecule has 4 atom stereocenters. The summed E-state index contributed by atoms with van der Waals surface area (Å²) in [7, 11) is 3.32. The number of methoxy groups -OCH3 is 2. The van der Waals surface area contributed by atoms with E-state index in [4.69, 9.17) is 19.9 Å². The minimum absolute atomic E-state index is 0.0143. The van der Waals surface area contributed by atoms with Gasteiger partial charge in [-0.2, -0.15) is 0 Å². The van der Waals surface area contributed by atoms with Crippen molar-refractivity contribution in [2.45, 2.75) is 77.5 Å². The molecule has 7 nitrogen and oxygen atoms in total. The predicted molar refractivity (Wildman–Crippen MR) is 131 cm³/mol. The van der Waals surface area contributed by atoms with Gasteiger partial charge in [0.25, 0.3) is 0 Å². The molecule has 7 heteroatoms. The molecule has 1 saturated carbocycles. The van der Waals surface area contributed by atoms with E-state index >= 15 is 0 Å². The van der Waals surface area contributed by atoms with Crippen LogP contribution in [0.15, 0.2) is 18.2 Å². The summed E-state index contributed by atoms with van der Waals surface area (Å²) in [5.74, 6) is 1.90. The Morgan fingerprint density at radius 2 is 1.88 bits per heavy atom. The van der Waals surface area contributed by atoms with Gasteiger partial charge in [0.1, 0.15) is 0 Å². The lowest BCUT2D eigenvalue weighted by Crippen LogP contribution is -2.41. The lowest BCUT2D eigenvalue weighted by atomic mass is 9.82. The molecule has 1 aromatic carbocycles. The summed E-state index contributed by atoms with van der Waals surface area (Å²) in [6.07, 6.45) is 4.11. The van der Waals surface area contributed by atoms with E-state index in [1.54, 1.807) is 14.2 Å². The number of hydrogen-bond donors (Lipinski definition) is 3. The lowest BCUT2D eigenvalue weighted by molar-refractivity contribution is -0.125. The van der Waals surface area contributed by atoms with Crippen molar-refractivity contribution in [1.29, 1.82) is 0 Å². The molecule has 1 amide bonds. The van der Waals surface area contributed by atoms with Crippen LogP contribution in [-0.4, -0.2) is 56.6 Å². The third-order valence-corrected chi connectivity index (χ3v) is 6.45.